The maximum atomic E-state index is 12.6. The van der Waals surface area contributed by atoms with Gasteiger partial charge in [0.1, 0.15) is 23.4 Å². The minimum Gasteiger partial charge on any atom is -0.486 e. The molecule has 0 bridgehead atoms. The molecule has 0 aromatic heterocycles. The summed E-state index contributed by atoms with van der Waals surface area (Å²) in [7, 11) is -0.0590. The highest BCUT2D eigenvalue weighted by atomic mass is 32.2. The summed E-state index contributed by atoms with van der Waals surface area (Å²) in [6.07, 6.45) is 4.24. The second kappa shape index (κ2) is 9.25. The van der Waals surface area contributed by atoms with Crippen LogP contribution in [-0.2, 0) is 31.9 Å². The molecule has 1 aliphatic rings. The Kier molecular flexibility index (Phi) is 7.04. The summed E-state index contributed by atoms with van der Waals surface area (Å²) in [5.74, 6) is 0.237. The van der Waals surface area contributed by atoms with E-state index in [1.54, 1.807) is 6.92 Å². The van der Waals surface area contributed by atoms with Crippen molar-refractivity contribution in [3.05, 3.63) is 59.5 Å². The Hall–Kier alpha value is -2.30. The smallest absolute Gasteiger partial charge is 0.334 e. The monoisotopic (exact) mass is 361 g/mol. The molecule has 0 radical (unpaired) electrons. The van der Waals surface area contributed by atoms with Gasteiger partial charge in [-0.2, -0.15) is 0 Å². The maximum absolute atomic E-state index is 12.6. The first-order valence-electron chi connectivity index (χ1n) is 8.09. The first kappa shape index (κ1) is 19.0. The minimum absolute atomic E-state index is 0.357. The number of anilines is 1. The van der Waals surface area contributed by atoms with Crippen molar-refractivity contribution in [2.75, 3.05) is 11.8 Å². The van der Waals surface area contributed by atoms with Crippen LogP contribution < -0.4 is 4.72 Å². The van der Waals surface area contributed by atoms with Crippen LogP contribution in [0.4, 0.5) is 5.69 Å². The number of ether oxygens (including phenoxy) is 2. The number of hydrogen-bond donors (Lipinski definition) is 1. The number of esters is 1. The molecule has 0 spiro atoms. The van der Waals surface area contributed by atoms with Crippen LogP contribution >= 0.6 is 0 Å². The Balaban J connectivity index is 2.00. The van der Waals surface area contributed by atoms with Crippen molar-refractivity contribution in [2.45, 2.75) is 38.0 Å². The molecule has 0 amide bonds. The second-order valence-electron chi connectivity index (χ2n) is 5.69. The fourth-order valence-electron chi connectivity index (χ4n) is 2.50. The number of benzene rings is 1. The van der Waals surface area contributed by atoms with E-state index in [1.165, 1.54) is 7.11 Å². The predicted molar refractivity (Wildman–Crippen MR) is 99.1 cm³/mol. The zero-order valence-electron chi connectivity index (χ0n) is 14.5. The Labute approximate surface area is 151 Å². The number of rotatable bonds is 7. The van der Waals surface area contributed by atoms with E-state index in [2.05, 4.69) is 17.0 Å². The topological polar surface area (TPSA) is 64.6 Å². The van der Waals surface area contributed by atoms with Crippen LogP contribution in [0.25, 0.3) is 0 Å². The van der Waals surface area contributed by atoms with E-state index < -0.39 is 17.0 Å². The fraction of sp³-hybridized carbons (Fsp3) is 0.368. The van der Waals surface area contributed by atoms with Gasteiger partial charge in [-0.3, -0.25) is 0 Å². The quantitative estimate of drug-likeness (QED) is 0.458. The first-order valence-corrected chi connectivity index (χ1v) is 9.30. The van der Waals surface area contributed by atoms with Crippen molar-refractivity contribution in [3.63, 3.8) is 0 Å². The molecule has 1 aliphatic carbocycles. The first-order chi connectivity index (χ1) is 12.0. The molecule has 0 saturated carbocycles. The molecule has 1 N–H and O–H groups in total. The number of hydrogen-bond acceptors (Lipinski definition) is 4. The maximum Gasteiger partial charge on any atom is 0.334 e. The van der Waals surface area contributed by atoms with Crippen LogP contribution in [0.2, 0.25) is 0 Å². The van der Waals surface area contributed by atoms with Crippen LogP contribution in [0.5, 0.6) is 0 Å². The van der Waals surface area contributed by atoms with E-state index in [0.29, 0.717) is 24.4 Å². The summed E-state index contributed by atoms with van der Waals surface area (Å²) in [5.41, 5.74) is 4.89. The van der Waals surface area contributed by atoms with Crippen molar-refractivity contribution in [1.29, 1.82) is 0 Å². The molecule has 5 nitrogen and oxygen atoms in total. The summed E-state index contributed by atoms with van der Waals surface area (Å²) in [5, 5.41) is -0.357. The van der Waals surface area contributed by atoms with E-state index in [4.69, 9.17) is 9.47 Å². The molecule has 0 fully saturated rings. The molecular formula is C19H23NO4S. The van der Waals surface area contributed by atoms with Gasteiger partial charge in [0.2, 0.25) is 0 Å². The van der Waals surface area contributed by atoms with Crippen LogP contribution in [0.1, 0.15) is 31.7 Å². The molecule has 0 aliphatic heterocycles. The van der Waals surface area contributed by atoms with Gasteiger partial charge >= 0.3 is 5.97 Å². The second-order valence-corrected chi connectivity index (χ2v) is 7.06. The summed E-state index contributed by atoms with van der Waals surface area (Å²) in [4.78, 5) is 11.9. The third kappa shape index (κ3) is 5.34. The highest BCUT2D eigenvalue weighted by Crippen LogP contribution is 2.25. The van der Waals surface area contributed by atoms with Gasteiger partial charge in [0.15, 0.2) is 0 Å². The van der Waals surface area contributed by atoms with Crippen LogP contribution in [-0.4, -0.2) is 22.5 Å². The molecule has 2 rings (SSSR count). The minimum atomic E-state index is -1.40. The average molecular weight is 361 g/mol. The van der Waals surface area contributed by atoms with Gasteiger partial charge < -0.3 is 14.2 Å². The SMILES string of the molecule is C=C=C(C)OCc1ccc(NS(=O)C2CCCC=C2C(=O)OC)cc1. The number of methoxy groups -OCH3 is 1. The zero-order chi connectivity index (χ0) is 18.2. The molecular weight excluding hydrogens is 338 g/mol. The van der Waals surface area contributed by atoms with Gasteiger partial charge in [-0.05, 0) is 37.0 Å². The van der Waals surface area contributed by atoms with Gasteiger partial charge in [0.25, 0.3) is 0 Å². The number of allylic oxidation sites excluding steroid dienone is 2. The summed E-state index contributed by atoms with van der Waals surface area (Å²) in [6, 6.07) is 7.48. The summed E-state index contributed by atoms with van der Waals surface area (Å²) < 4.78 is 25.9. The largest absolute Gasteiger partial charge is 0.486 e. The molecule has 2 atom stereocenters. The lowest BCUT2D eigenvalue weighted by Crippen LogP contribution is -2.30. The Morgan fingerprint density at radius 1 is 1.40 bits per heavy atom. The normalized spacial score (nSPS) is 17.7. The van der Waals surface area contributed by atoms with Crippen LogP contribution in [0.3, 0.4) is 0 Å². The highest BCUT2D eigenvalue weighted by Gasteiger charge is 2.29. The van der Waals surface area contributed by atoms with E-state index >= 15 is 0 Å². The molecule has 134 valence electrons. The average Bonchev–Trinajstić information content (AvgIpc) is 2.66. The van der Waals surface area contributed by atoms with Crippen molar-refractivity contribution in [1.82, 2.24) is 0 Å². The molecule has 25 heavy (non-hydrogen) atoms. The molecule has 0 heterocycles. The van der Waals surface area contributed by atoms with Gasteiger partial charge in [0.05, 0.1) is 17.9 Å². The molecule has 0 saturated heterocycles. The van der Waals surface area contributed by atoms with Gasteiger partial charge in [-0.15, -0.1) is 0 Å². The zero-order valence-corrected chi connectivity index (χ0v) is 15.4. The third-order valence-electron chi connectivity index (χ3n) is 3.94. The highest BCUT2D eigenvalue weighted by molar-refractivity contribution is 7.87. The lowest BCUT2D eigenvalue weighted by atomic mass is 9.99. The lowest BCUT2D eigenvalue weighted by molar-refractivity contribution is -0.136. The van der Waals surface area contributed by atoms with Crippen molar-refractivity contribution in [3.8, 4) is 0 Å². The van der Waals surface area contributed by atoms with Crippen LogP contribution in [0, 0.1) is 0 Å². The molecule has 6 heteroatoms. The molecule has 1 aromatic rings. The van der Waals surface area contributed by atoms with Gasteiger partial charge in [0, 0.05) is 12.6 Å². The van der Waals surface area contributed by atoms with Crippen molar-refractivity contribution < 1.29 is 18.5 Å². The number of carbonyl (C=O) groups is 1. The van der Waals surface area contributed by atoms with Crippen molar-refractivity contribution >= 4 is 22.6 Å². The van der Waals surface area contributed by atoms with E-state index in [9.17, 15) is 9.00 Å². The summed E-state index contributed by atoms with van der Waals surface area (Å²) >= 11 is 0. The fourth-order valence-corrected chi connectivity index (χ4v) is 3.82. The van der Waals surface area contributed by atoms with Gasteiger partial charge in [-0.25, -0.2) is 9.00 Å². The van der Waals surface area contributed by atoms with Crippen LogP contribution in [0.15, 0.2) is 54.0 Å². The van der Waals surface area contributed by atoms with Gasteiger partial charge in [-0.1, -0.05) is 30.5 Å². The Morgan fingerprint density at radius 2 is 2.12 bits per heavy atom. The lowest BCUT2D eigenvalue weighted by Gasteiger charge is -2.22. The standard InChI is InChI=1S/C19H23NO4S/c1-4-14(2)24-13-15-9-11-16(12-10-15)20-25(22)18-8-6-5-7-17(18)19(21)23-3/h7,9-12,18,20H,1,5-6,8,13H2,2-3H3. The van der Waals surface area contributed by atoms with E-state index in [1.807, 2.05) is 30.3 Å². The molecule has 1 aromatic carbocycles. The third-order valence-corrected chi connectivity index (χ3v) is 5.38. The Morgan fingerprint density at radius 3 is 2.76 bits per heavy atom. The Bertz CT molecular complexity index is 717. The number of nitrogens with one attached hydrogen (secondary N) is 1. The predicted octanol–water partition coefficient (Wildman–Crippen LogP) is 3.62. The number of carbonyl (C=O) groups excluding carboxylic acids is 1. The summed E-state index contributed by atoms with van der Waals surface area (Å²) in [6.45, 7) is 5.74. The molecule has 2 unspecified atom stereocenters. The van der Waals surface area contributed by atoms with E-state index in [0.717, 1.165) is 24.1 Å². The van der Waals surface area contributed by atoms with Crippen molar-refractivity contribution in [2.24, 2.45) is 0 Å². The van der Waals surface area contributed by atoms with E-state index in [-0.39, 0.29) is 5.25 Å².